The molecule has 0 fully saturated rings. The molecule has 1 nitrogen and oxygen atoms in total. The highest BCUT2D eigenvalue weighted by Gasteiger charge is 2.09. The van der Waals surface area contributed by atoms with Crippen molar-refractivity contribution in [2.45, 2.75) is 33.6 Å². The molecule has 16 heavy (non-hydrogen) atoms. The van der Waals surface area contributed by atoms with Crippen molar-refractivity contribution >= 4 is 0 Å². The summed E-state index contributed by atoms with van der Waals surface area (Å²) >= 11 is 0. The Balaban J connectivity index is 2.61. The van der Waals surface area contributed by atoms with E-state index in [1.54, 1.807) is 0 Å². The molecule has 0 aliphatic rings. The van der Waals surface area contributed by atoms with Gasteiger partial charge in [-0.25, -0.2) is 0 Å². The van der Waals surface area contributed by atoms with Crippen LogP contribution >= 0.6 is 0 Å². The first-order chi connectivity index (χ1) is 7.77. The normalized spacial score (nSPS) is 10.7. The Morgan fingerprint density at radius 3 is 2.38 bits per heavy atom. The fraction of sp³-hybridized carbons (Fsp3) is 0.333. The van der Waals surface area contributed by atoms with Crippen molar-refractivity contribution in [3.8, 4) is 11.1 Å². The molecule has 0 aliphatic carbocycles. The molecule has 0 saturated heterocycles. The highest BCUT2D eigenvalue weighted by atomic mass is 14.7. The number of aromatic nitrogens is 1. The van der Waals surface area contributed by atoms with Gasteiger partial charge in [-0.2, -0.15) is 0 Å². The first-order valence-electron chi connectivity index (χ1n) is 6.03. The van der Waals surface area contributed by atoms with Gasteiger partial charge in [0.1, 0.15) is 0 Å². The third-order valence-corrected chi connectivity index (χ3v) is 3.25. The van der Waals surface area contributed by atoms with E-state index in [9.17, 15) is 0 Å². The fourth-order valence-corrected chi connectivity index (χ4v) is 2.38. The molecule has 1 aromatic heterocycles. The van der Waals surface area contributed by atoms with Gasteiger partial charge < -0.3 is 4.98 Å². The molecule has 0 saturated carbocycles. The largest absolute Gasteiger partial charge is 0.365 e. The van der Waals surface area contributed by atoms with E-state index in [4.69, 9.17) is 0 Å². The molecule has 1 heterocycles. The van der Waals surface area contributed by atoms with Crippen LogP contribution in [0.15, 0.2) is 30.5 Å². The lowest BCUT2D eigenvalue weighted by molar-refractivity contribution is 1.04. The average molecular weight is 213 g/mol. The van der Waals surface area contributed by atoms with E-state index in [0.717, 1.165) is 12.8 Å². The highest BCUT2D eigenvalue weighted by Crippen LogP contribution is 2.29. The number of nitrogens with one attached hydrogen (secondary N) is 1. The second kappa shape index (κ2) is 4.56. The van der Waals surface area contributed by atoms with Crippen LogP contribution in [0.4, 0.5) is 0 Å². The Bertz CT molecular complexity index is 480. The molecule has 2 aromatic rings. The first-order valence-corrected chi connectivity index (χ1v) is 6.03. The second-order valence-electron chi connectivity index (χ2n) is 4.17. The van der Waals surface area contributed by atoms with Gasteiger partial charge in [-0.15, -0.1) is 0 Å². The van der Waals surface area contributed by atoms with Crippen LogP contribution < -0.4 is 0 Å². The lowest BCUT2D eigenvalue weighted by Crippen LogP contribution is -1.95. The van der Waals surface area contributed by atoms with Gasteiger partial charge in [-0.1, -0.05) is 32.0 Å². The first kappa shape index (κ1) is 11.0. The van der Waals surface area contributed by atoms with Crippen molar-refractivity contribution in [3.05, 3.63) is 47.3 Å². The molecule has 0 amide bonds. The Morgan fingerprint density at radius 2 is 1.81 bits per heavy atom. The molecule has 1 heteroatoms. The molecule has 0 unspecified atom stereocenters. The molecule has 0 bridgehead atoms. The van der Waals surface area contributed by atoms with E-state index in [-0.39, 0.29) is 0 Å². The average Bonchev–Trinajstić information content (AvgIpc) is 2.74. The van der Waals surface area contributed by atoms with E-state index in [0.29, 0.717) is 0 Å². The Hall–Kier alpha value is -1.50. The summed E-state index contributed by atoms with van der Waals surface area (Å²) in [6, 6.07) is 8.81. The van der Waals surface area contributed by atoms with Gasteiger partial charge >= 0.3 is 0 Å². The zero-order chi connectivity index (χ0) is 11.5. The quantitative estimate of drug-likeness (QED) is 0.789. The molecule has 0 aliphatic heterocycles. The minimum atomic E-state index is 1.10. The topological polar surface area (TPSA) is 15.8 Å². The van der Waals surface area contributed by atoms with Crippen molar-refractivity contribution in [1.82, 2.24) is 4.98 Å². The number of aromatic amines is 1. The van der Waals surface area contributed by atoms with Gasteiger partial charge in [-0.05, 0) is 42.5 Å². The summed E-state index contributed by atoms with van der Waals surface area (Å²) in [4.78, 5) is 3.26. The van der Waals surface area contributed by atoms with E-state index in [1.165, 1.54) is 27.9 Å². The SMILES string of the molecule is CCc1cccc(-c2cc[nH]c2C)c1CC. The Labute approximate surface area is 97.5 Å². The van der Waals surface area contributed by atoms with Crippen LogP contribution in [0.3, 0.4) is 0 Å². The van der Waals surface area contributed by atoms with Crippen molar-refractivity contribution in [1.29, 1.82) is 0 Å². The van der Waals surface area contributed by atoms with E-state index in [2.05, 4.69) is 50.0 Å². The molecule has 0 spiro atoms. The predicted octanol–water partition coefficient (Wildman–Crippen LogP) is 4.11. The van der Waals surface area contributed by atoms with E-state index in [1.807, 2.05) is 6.20 Å². The molecule has 84 valence electrons. The van der Waals surface area contributed by atoms with Crippen LogP contribution in [0.25, 0.3) is 11.1 Å². The maximum absolute atomic E-state index is 3.26. The number of hydrogen-bond acceptors (Lipinski definition) is 0. The number of aryl methyl sites for hydroxylation is 2. The van der Waals surface area contributed by atoms with Gasteiger partial charge in [0.2, 0.25) is 0 Å². The maximum atomic E-state index is 3.26. The lowest BCUT2D eigenvalue weighted by atomic mass is 9.93. The molecule has 1 aromatic carbocycles. The minimum Gasteiger partial charge on any atom is -0.365 e. The summed E-state index contributed by atoms with van der Waals surface area (Å²) in [6.45, 7) is 6.59. The molecule has 2 rings (SSSR count). The maximum Gasteiger partial charge on any atom is 0.0195 e. The van der Waals surface area contributed by atoms with Crippen molar-refractivity contribution in [2.24, 2.45) is 0 Å². The van der Waals surface area contributed by atoms with Gasteiger partial charge in [0.05, 0.1) is 0 Å². The molecular weight excluding hydrogens is 194 g/mol. The number of benzene rings is 1. The molecular formula is C15H19N. The molecule has 1 N–H and O–H groups in total. The van der Waals surface area contributed by atoms with Crippen LogP contribution in [0.1, 0.15) is 30.7 Å². The van der Waals surface area contributed by atoms with E-state index >= 15 is 0 Å². The summed E-state index contributed by atoms with van der Waals surface area (Å²) < 4.78 is 0. The zero-order valence-corrected chi connectivity index (χ0v) is 10.3. The standard InChI is InChI=1S/C15H19N/c1-4-12-7-6-8-15(13(12)5-2)14-9-10-16-11(14)3/h6-10,16H,4-5H2,1-3H3. The van der Waals surface area contributed by atoms with Crippen LogP contribution in [0.5, 0.6) is 0 Å². The highest BCUT2D eigenvalue weighted by molar-refractivity contribution is 5.71. The summed E-state index contributed by atoms with van der Waals surface area (Å²) in [6.07, 6.45) is 4.23. The smallest absolute Gasteiger partial charge is 0.0195 e. The van der Waals surface area contributed by atoms with Crippen LogP contribution in [0, 0.1) is 6.92 Å². The third kappa shape index (κ3) is 1.78. The number of rotatable bonds is 3. The number of H-pyrrole nitrogens is 1. The zero-order valence-electron chi connectivity index (χ0n) is 10.3. The summed E-state index contributed by atoms with van der Waals surface area (Å²) in [5, 5.41) is 0. The summed E-state index contributed by atoms with van der Waals surface area (Å²) in [7, 11) is 0. The Morgan fingerprint density at radius 1 is 1.00 bits per heavy atom. The van der Waals surface area contributed by atoms with E-state index < -0.39 is 0 Å². The second-order valence-corrected chi connectivity index (χ2v) is 4.17. The summed E-state index contributed by atoms with van der Waals surface area (Å²) in [5.41, 5.74) is 6.95. The van der Waals surface area contributed by atoms with Crippen molar-refractivity contribution in [2.75, 3.05) is 0 Å². The third-order valence-electron chi connectivity index (χ3n) is 3.25. The lowest BCUT2D eigenvalue weighted by Gasteiger charge is -2.12. The fourth-order valence-electron chi connectivity index (χ4n) is 2.38. The monoisotopic (exact) mass is 213 g/mol. The minimum absolute atomic E-state index is 1.10. The summed E-state index contributed by atoms with van der Waals surface area (Å²) in [5.74, 6) is 0. The molecule has 0 atom stereocenters. The van der Waals surface area contributed by atoms with Gasteiger partial charge in [0, 0.05) is 17.5 Å². The van der Waals surface area contributed by atoms with Gasteiger partial charge in [-0.3, -0.25) is 0 Å². The number of hydrogen-bond donors (Lipinski definition) is 1. The van der Waals surface area contributed by atoms with Crippen LogP contribution in [-0.2, 0) is 12.8 Å². The van der Waals surface area contributed by atoms with Crippen LogP contribution in [-0.4, -0.2) is 4.98 Å². The van der Waals surface area contributed by atoms with Crippen molar-refractivity contribution in [3.63, 3.8) is 0 Å². The van der Waals surface area contributed by atoms with Crippen molar-refractivity contribution < 1.29 is 0 Å². The van der Waals surface area contributed by atoms with Gasteiger partial charge in [0.15, 0.2) is 0 Å². The predicted molar refractivity (Wildman–Crippen MR) is 69.7 cm³/mol. The van der Waals surface area contributed by atoms with Gasteiger partial charge in [0.25, 0.3) is 0 Å². The van der Waals surface area contributed by atoms with Crippen LogP contribution in [0.2, 0.25) is 0 Å². The Kier molecular flexibility index (Phi) is 3.14. The molecule has 0 radical (unpaired) electrons.